The van der Waals surface area contributed by atoms with Gasteiger partial charge < -0.3 is 10.4 Å². The van der Waals surface area contributed by atoms with Gasteiger partial charge in [-0.15, -0.1) is 0 Å². The zero-order valence-corrected chi connectivity index (χ0v) is 8.12. The molecule has 0 aliphatic heterocycles. The lowest BCUT2D eigenvalue weighted by Crippen LogP contribution is -2.35. The maximum atomic E-state index is 9.99. The van der Waals surface area contributed by atoms with Gasteiger partial charge in [0.05, 0.1) is 5.69 Å². The summed E-state index contributed by atoms with van der Waals surface area (Å²) in [6.45, 7) is 5.15. The van der Waals surface area contributed by atoms with Crippen LogP contribution in [0, 0.1) is 0 Å². The second-order valence-electron chi connectivity index (χ2n) is 3.27. The molecular formula is C10H16N2O. The van der Waals surface area contributed by atoms with Gasteiger partial charge in [-0.25, -0.2) is 0 Å². The first-order valence-electron chi connectivity index (χ1n) is 4.51. The molecule has 3 nitrogen and oxygen atoms in total. The first kappa shape index (κ1) is 10.2. The minimum Gasteiger partial charge on any atom is -0.383 e. The number of nitrogens with one attached hydrogen (secondary N) is 1. The third-order valence-electron chi connectivity index (χ3n) is 1.94. The Morgan fingerprint density at radius 3 is 2.85 bits per heavy atom. The molecule has 0 radical (unpaired) electrons. The van der Waals surface area contributed by atoms with Crippen molar-refractivity contribution in [2.45, 2.75) is 19.4 Å². The quantitative estimate of drug-likeness (QED) is 0.723. The van der Waals surface area contributed by atoms with Gasteiger partial charge in [0.2, 0.25) is 0 Å². The Morgan fingerprint density at radius 1 is 1.54 bits per heavy atom. The molecule has 1 aromatic rings. The summed E-state index contributed by atoms with van der Waals surface area (Å²) in [6, 6.07) is 5.55. The van der Waals surface area contributed by atoms with E-state index in [1.54, 1.807) is 13.1 Å². The minimum absolute atomic E-state index is 0.528. The van der Waals surface area contributed by atoms with E-state index in [1.807, 2.05) is 25.1 Å². The van der Waals surface area contributed by atoms with Crippen LogP contribution in [0.1, 0.15) is 19.5 Å². The summed E-state index contributed by atoms with van der Waals surface area (Å²) in [7, 11) is 0. The van der Waals surface area contributed by atoms with E-state index in [4.69, 9.17) is 0 Å². The molecule has 0 aliphatic carbocycles. The van der Waals surface area contributed by atoms with Crippen LogP contribution in [0.3, 0.4) is 0 Å². The maximum Gasteiger partial charge on any atom is 0.116 e. The monoisotopic (exact) mass is 180 g/mol. The van der Waals surface area contributed by atoms with Crippen LogP contribution in [0.4, 0.5) is 0 Å². The van der Waals surface area contributed by atoms with Gasteiger partial charge in [-0.2, -0.15) is 0 Å². The van der Waals surface area contributed by atoms with E-state index >= 15 is 0 Å². The highest BCUT2D eigenvalue weighted by Gasteiger charge is 2.23. The van der Waals surface area contributed by atoms with Crippen molar-refractivity contribution in [1.82, 2.24) is 10.3 Å². The molecule has 13 heavy (non-hydrogen) atoms. The predicted octanol–water partition coefficient (Wildman–Crippen LogP) is 0.899. The fourth-order valence-corrected chi connectivity index (χ4v) is 1.14. The van der Waals surface area contributed by atoms with Gasteiger partial charge in [-0.05, 0) is 25.6 Å². The highest BCUT2D eigenvalue weighted by molar-refractivity contribution is 5.12. The Labute approximate surface area is 78.8 Å². The molecule has 1 rings (SSSR count). The number of rotatable bonds is 4. The summed E-state index contributed by atoms with van der Waals surface area (Å²) < 4.78 is 0. The smallest absolute Gasteiger partial charge is 0.116 e. The van der Waals surface area contributed by atoms with E-state index in [0.717, 1.165) is 6.54 Å². The van der Waals surface area contributed by atoms with Crippen molar-refractivity contribution in [2.75, 3.05) is 13.1 Å². The van der Waals surface area contributed by atoms with Crippen LogP contribution in [0.2, 0.25) is 0 Å². The SMILES string of the molecule is CCNCC(C)(O)c1ccccn1. The van der Waals surface area contributed by atoms with Crippen LogP contribution in [0.15, 0.2) is 24.4 Å². The highest BCUT2D eigenvalue weighted by Crippen LogP contribution is 2.15. The van der Waals surface area contributed by atoms with Crippen LogP contribution in [-0.4, -0.2) is 23.2 Å². The molecule has 0 spiro atoms. The lowest BCUT2D eigenvalue weighted by atomic mass is 10.0. The Kier molecular flexibility index (Phi) is 3.39. The molecular weight excluding hydrogens is 164 g/mol. The molecule has 2 N–H and O–H groups in total. The minimum atomic E-state index is -0.878. The van der Waals surface area contributed by atoms with E-state index in [2.05, 4.69) is 10.3 Å². The summed E-state index contributed by atoms with van der Waals surface area (Å²) in [5, 5.41) is 13.1. The van der Waals surface area contributed by atoms with Crippen molar-refractivity contribution in [3.8, 4) is 0 Å². The number of likely N-dealkylation sites (N-methyl/N-ethyl adjacent to an activating group) is 1. The first-order valence-corrected chi connectivity index (χ1v) is 4.51. The average Bonchev–Trinajstić information content (AvgIpc) is 2.16. The van der Waals surface area contributed by atoms with Crippen molar-refractivity contribution in [3.63, 3.8) is 0 Å². The van der Waals surface area contributed by atoms with Crippen molar-refractivity contribution < 1.29 is 5.11 Å². The summed E-state index contributed by atoms with van der Waals surface area (Å²) in [5.41, 5.74) is -0.173. The number of aromatic nitrogens is 1. The second-order valence-corrected chi connectivity index (χ2v) is 3.27. The molecule has 0 bridgehead atoms. The summed E-state index contributed by atoms with van der Waals surface area (Å²) in [5.74, 6) is 0. The molecule has 0 aromatic carbocycles. The van der Waals surface area contributed by atoms with E-state index in [9.17, 15) is 5.11 Å². The maximum absolute atomic E-state index is 9.99. The zero-order valence-electron chi connectivity index (χ0n) is 8.12. The number of aliphatic hydroxyl groups is 1. The van der Waals surface area contributed by atoms with Crippen LogP contribution in [-0.2, 0) is 5.60 Å². The largest absolute Gasteiger partial charge is 0.383 e. The Morgan fingerprint density at radius 2 is 2.31 bits per heavy atom. The molecule has 1 heterocycles. The van der Waals surface area contributed by atoms with Crippen LogP contribution >= 0.6 is 0 Å². The molecule has 0 fully saturated rings. The molecule has 0 amide bonds. The number of hydrogen-bond donors (Lipinski definition) is 2. The average molecular weight is 180 g/mol. The molecule has 1 atom stereocenters. The normalized spacial score (nSPS) is 15.3. The van der Waals surface area contributed by atoms with E-state index in [-0.39, 0.29) is 0 Å². The van der Waals surface area contributed by atoms with Crippen molar-refractivity contribution in [2.24, 2.45) is 0 Å². The van der Waals surface area contributed by atoms with Gasteiger partial charge >= 0.3 is 0 Å². The van der Waals surface area contributed by atoms with Crippen LogP contribution in [0.5, 0.6) is 0 Å². The third kappa shape index (κ3) is 2.79. The number of nitrogens with zero attached hydrogens (tertiary/aromatic N) is 1. The van der Waals surface area contributed by atoms with E-state index in [1.165, 1.54) is 0 Å². The van der Waals surface area contributed by atoms with Crippen molar-refractivity contribution in [3.05, 3.63) is 30.1 Å². The second kappa shape index (κ2) is 4.35. The fraction of sp³-hybridized carbons (Fsp3) is 0.500. The third-order valence-corrected chi connectivity index (χ3v) is 1.94. The van der Waals surface area contributed by atoms with Gasteiger partial charge in [-0.3, -0.25) is 4.98 Å². The Bertz CT molecular complexity index is 246. The number of hydrogen-bond acceptors (Lipinski definition) is 3. The summed E-state index contributed by atoms with van der Waals surface area (Å²) in [4.78, 5) is 4.11. The van der Waals surface area contributed by atoms with E-state index in [0.29, 0.717) is 12.2 Å². The van der Waals surface area contributed by atoms with Gasteiger partial charge in [0, 0.05) is 12.7 Å². The highest BCUT2D eigenvalue weighted by atomic mass is 16.3. The van der Waals surface area contributed by atoms with Crippen LogP contribution < -0.4 is 5.32 Å². The zero-order chi connectivity index (χ0) is 9.73. The van der Waals surface area contributed by atoms with Gasteiger partial charge in [0.1, 0.15) is 5.60 Å². The van der Waals surface area contributed by atoms with Gasteiger partial charge in [-0.1, -0.05) is 13.0 Å². The molecule has 72 valence electrons. The molecule has 0 saturated heterocycles. The lowest BCUT2D eigenvalue weighted by Gasteiger charge is -2.22. The summed E-state index contributed by atoms with van der Waals surface area (Å²) in [6.07, 6.45) is 1.69. The van der Waals surface area contributed by atoms with Crippen LogP contribution in [0.25, 0.3) is 0 Å². The number of pyridine rings is 1. The molecule has 0 saturated carbocycles. The standard InChI is InChI=1S/C10H16N2O/c1-3-11-8-10(2,13)9-6-4-5-7-12-9/h4-7,11,13H,3,8H2,1-2H3. The molecule has 3 heteroatoms. The van der Waals surface area contributed by atoms with Crippen molar-refractivity contribution in [1.29, 1.82) is 0 Å². The van der Waals surface area contributed by atoms with Crippen molar-refractivity contribution >= 4 is 0 Å². The van der Waals surface area contributed by atoms with Gasteiger partial charge in [0.15, 0.2) is 0 Å². The molecule has 0 aliphatic rings. The fourth-order valence-electron chi connectivity index (χ4n) is 1.14. The lowest BCUT2D eigenvalue weighted by molar-refractivity contribution is 0.0531. The van der Waals surface area contributed by atoms with E-state index < -0.39 is 5.60 Å². The summed E-state index contributed by atoms with van der Waals surface area (Å²) >= 11 is 0. The van der Waals surface area contributed by atoms with Gasteiger partial charge in [0.25, 0.3) is 0 Å². The molecule has 1 aromatic heterocycles. The molecule has 1 unspecified atom stereocenters. The Hall–Kier alpha value is -0.930. The first-order chi connectivity index (χ1) is 6.17. The predicted molar refractivity (Wildman–Crippen MR) is 52.4 cm³/mol. The Balaban J connectivity index is 2.69. The topological polar surface area (TPSA) is 45.1 Å².